The molecule has 1 aromatic rings. The molecule has 0 aromatic heterocycles. The van der Waals surface area contributed by atoms with Gasteiger partial charge in [0, 0.05) is 0 Å². The van der Waals surface area contributed by atoms with Crippen LogP contribution in [-0.2, 0) is 21.4 Å². The fraction of sp³-hybridized carbons (Fsp3) is 0.650. The highest BCUT2D eigenvalue weighted by Gasteiger charge is 2.55. The standard InChI is InChI=1S/C20H28O4/c1-19-9-6-10-20(2,18(21)24-5)17(19)8-7-13-11-15(22-3)16(23-4)12-14(13)19/h11-12,17H,6-10H2,1-5H3/t17-,19-,20+/m1/s1. The lowest BCUT2D eigenvalue weighted by Crippen LogP contribution is -2.52. The molecule has 2 aliphatic carbocycles. The number of carbonyl (C=O) groups excluding carboxylic acids is 1. The second kappa shape index (κ2) is 5.98. The molecule has 24 heavy (non-hydrogen) atoms. The van der Waals surface area contributed by atoms with Crippen LogP contribution < -0.4 is 9.47 Å². The Morgan fingerprint density at radius 1 is 1.08 bits per heavy atom. The molecule has 0 heterocycles. The minimum absolute atomic E-state index is 0.0334. The number of fused-ring (bicyclic) bond motifs is 3. The van der Waals surface area contributed by atoms with E-state index in [0.29, 0.717) is 0 Å². The highest BCUT2D eigenvalue weighted by molar-refractivity contribution is 5.77. The molecule has 132 valence electrons. The average Bonchev–Trinajstić information content (AvgIpc) is 2.59. The zero-order chi connectivity index (χ0) is 17.5. The highest BCUT2D eigenvalue weighted by atomic mass is 16.5. The van der Waals surface area contributed by atoms with Crippen LogP contribution in [0.3, 0.4) is 0 Å². The summed E-state index contributed by atoms with van der Waals surface area (Å²) >= 11 is 0. The molecular weight excluding hydrogens is 304 g/mol. The van der Waals surface area contributed by atoms with Crippen LogP contribution in [0, 0.1) is 11.3 Å². The smallest absolute Gasteiger partial charge is 0.311 e. The fourth-order valence-corrected chi connectivity index (χ4v) is 5.27. The third kappa shape index (κ3) is 2.30. The van der Waals surface area contributed by atoms with Gasteiger partial charge in [0.15, 0.2) is 11.5 Å². The molecule has 0 bridgehead atoms. The van der Waals surface area contributed by atoms with Crippen LogP contribution in [0.4, 0.5) is 0 Å². The maximum atomic E-state index is 12.6. The minimum atomic E-state index is -0.410. The summed E-state index contributed by atoms with van der Waals surface area (Å²) < 4.78 is 16.2. The Balaban J connectivity index is 2.12. The van der Waals surface area contributed by atoms with Gasteiger partial charge in [-0.15, -0.1) is 0 Å². The van der Waals surface area contributed by atoms with Gasteiger partial charge >= 0.3 is 5.97 Å². The monoisotopic (exact) mass is 332 g/mol. The summed E-state index contributed by atoms with van der Waals surface area (Å²) in [5.41, 5.74) is 2.19. The first-order chi connectivity index (χ1) is 11.4. The van der Waals surface area contributed by atoms with Gasteiger partial charge in [-0.3, -0.25) is 4.79 Å². The van der Waals surface area contributed by atoms with Crippen molar-refractivity contribution < 1.29 is 19.0 Å². The number of rotatable bonds is 3. The Bertz CT molecular complexity index is 653. The van der Waals surface area contributed by atoms with Crippen molar-refractivity contribution in [2.24, 2.45) is 11.3 Å². The molecule has 3 rings (SSSR count). The lowest BCUT2D eigenvalue weighted by atomic mass is 9.50. The highest BCUT2D eigenvalue weighted by Crippen LogP contribution is 2.58. The van der Waals surface area contributed by atoms with Crippen LogP contribution in [0.2, 0.25) is 0 Å². The van der Waals surface area contributed by atoms with Gasteiger partial charge < -0.3 is 14.2 Å². The van der Waals surface area contributed by atoms with E-state index < -0.39 is 5.41 Å². The second-order valence-corrected chi connectivity index (χ2v) is 7.64. The number of ether oxygens (including phenoxy) is 3. The molecule has 1 aromatic carbocycles. The van der Waals surface area contributed by atoms with Crippen molar-refractivity contribution in [3.05, 3.63) is 23.3 Å². The molecule has 4 nitrogen and oxygen atoms in total. The van der Waals surface area contributed by atoms with Crippen LogP contribution in [-0.4, -0.2) is 27.3 Å². The van der Waals surface area contributed by atoms with E-state index in [4.69, 9.17) is 14.2 Å². The topological polar surface area (TPSA) is 44.8 Å². The molecular formula is C20H28O4. The average molecular weight is 332 g/mol. The molecule has 0 radical (unpaired) electrons. The normalized spacial score (nSPS) is 31.6. The number of esters is 1. The summed E-state index contributed by atoms with van der Waals surface area (Å²) in [5, 5.41) is 0. The lowest BCUT2D eigenvalue weighted by Gasteiger charge is -2.54. The van der Waals surface area contributed by atoms with Crippen molar-refractivity contribution >= 4 is 5.97 Å². The molecule has 2 aliphatic rings. The first-order valence-electron chi connectivity index (χ1n) is 8.74. The van der Waals surface area contributed by atoms with Crippen molar-refractivity contribution in [3.63, 3.8) is 0 Å². The van der Waals surface area contributed by atoms with Gasteiger partial charge in [-0.2, -0.15) is 0 Å². The third-order valence-electron chi connectivity index (χ3n) is 6.51. The largest absolute Gasteiger partial charge is 0.493 e. The van der Waals surface area contributed by atoms with Gasteiger partial charge in [0.05, 0.1) is 26.7 Å². The zero-order valence-electron chi connectivity index (χ0n) is 15.4. The molecule has 1 fully saturated rings. The minimum Gasteiger partial charge on any atom is -0.493 e. The molecule has 4 heteroatoms. The second-order valence-electron chi connectivity index (χ2n) is 7.64. The zero-order valence-corrected chi connectivity index (χ0v) is 15.4. The quantitative estimate of drug-likeness (QED) is 0.788. The maximum absolute atomic E-state index is 12.6. The van der Waals surface area contributed by atoms with E-state index in [9.17, 15) is 4.79 Å². The van der Waals surface area contributed by atoms with E-state index in [0.717, 1.165) is 43.6 Å². The van der Waals surface area contributed by atoms with Crippen molar-refractivity contribution in [2.75, 3.05) is 21.3 Å². The number of aryl methyl sites for hydroxylation is 1. The van der Waals surface area contributed by atoms with E-state index in [2.05, 4.69) is 26.0 Å². The van der Waals surface area contributed by atoms with Gasteiger partial charge in [-0.05, 0) is 67.2 Å². The molecule has 3 atom stereocenters. The summed E-state index contributed by atoms with van der Waals surface area (Å²) in [6, 6.07) is 4.24. The summed E-state index contributed by atoms with van der Waals surface area (Å²) in [4.78, 5) is 12.6. The van der Waals surface area contributed by atoms with E-state index >= 15 is 0 Å². The van der Waals surface area contributed by atoms with Crippen molar-refractivity contribution in [1.82, 2.24) is 0 Å². The number of benzene rings is 1. The van der Waals surface area contributed by atoms with E-state index in [1.54, 1.807) is 14.2 Å². The van der Waals surface area contributed by atoms with Crippen molar-refractivity contribution in [1.29, 1.82) is 0 Å². The molecule has 0 saturated heterocycles. The van der Waals surface area contributed by atoms with Crippen molar-refractivity contribution in [3.8, 4) is 11.5 Å². The van der Waals surface area contributed by atoms with Gasteiger partial charge in [0.2, 0.25) is 0 Å². The number of hydrogen-bond donors (Lipinski definition) is 0. The first kappa shape index (κ1) is 17.1. The molecule has 0 aliphatic heterocycles. The SMILES string of the molecule is COC(=O)[C@@]1(C)CCC[C@]2(C)c3cc(OC)c(OC)cc3CC[C@@H]12. The third-order valence-corrected chi connectivity index (χ3v) is 6.51. The van der Waals surface area contributed by atoms with Gasteiger partial charge in [0.25, 0.3) is 0 Å². The maximum Gasteiger partial charge on any atom is 0.311 e. The number of hydrogen-bond acceptors (Lipinski definition) is 4. The van der Waals surface area contributed by atoms with Crippen LogP contribution in [0.25, 0.3) is 0 Å². The predicted molar refractivity (Wildman–Crippen MR) is 92.7 cm³/mol. The molecule has 0 amide bonds. The Labute approximate surface area is 144 Å². The summed E-state index contributed by atoms with van der Waals surface area (Å²) in [6.07, 6.45) is 4.99. The summed E-state index contributed by atoms with van der Waals surface area (Å²) in [6.45, 7) is 4.40. The van der Waals surface area contributed by atoms with E-state index in [1.165, 1.54) is 18.2 Å². The predicted octanol–water partition coefficient (Wildman–Crippen LogP) is 3.89. The summed E-state index contributed by atoms with van der Waals surface area (Å²) in [5.74, 6) is 1.77. The van der Waals surface area contributed by atoms with Gasteiger partial charge in [-0.1, -0.05) is 13.3 Å². The Kier molecular flexibility index (Phi) is 4.27. The first-order valence-corrected chi connectivity index (χ1v) is 8.74. The van der Waals surface area contributed by atoms with Crippen LogP contribution >= 0.6 is 0 Å². The van der Waals surface area contributed by atoms with Crippen molar-refractivity contribution in [2.45, 2.75) is 51.4 Å². The molecule has 1 saturated carbocycles. The summed E-state index contributed by atoms with van der Waals surface area (Å²) in [7, 11) is 4.85. The fourth-order valence-electron chi connectivity index (χ4n) is 5.27. The van der Waals surface area contributed by atoms with E-state index in [-0.39, 0.29) is 17.3 Å². The Morgan fingerprint density at radius 2 is 1.75 bits per heavy atom. The molecule has 0 N–H and O–H groups in total. The lowest BCUT2D eigenvalue weighted by molar-refractivity contribution is -0.161. The Morgan fingerprint density at radius 3 is 2.38 bits per heavy atom. The van der Waals surface area contributed by atoms with Gasteiger partial charge in [0.1, 0.15) is 0 Å². The Hall–Kier alpha value is -1.71. The number of carbonyl (C=O) groups is 1. The van der Waals surface area contributed by atoms with E-state index in [1.807, 2.05) is 0 Å². The van der Waals surface area contributed by atoms with Crippen LogP contribution in [0.1, 0.15) is 50.7 Å². The van der Waals surface area contributed by atoms with Gasteiger partial charge in [-0.25, -0.2) is 0 Å². The van der Waals surface area contributed by atoms with Crippen LogP contribution in [0.5, 0.6) is 11.5 Å². The van der Waals surface area contributed by atoms with Crippen LogP contribution in [0.15, 0.2) is 12.1 Å². The number of methoxy groups -OCH3 is 3. The molecule has 0 spiro atoms. The molecule has 0 unspecified atom stereocenters.